The molecule has 0 saturated carbocycles. The van der Waals surface area contributed by atoms with Crippen LogP contribution in [0.5, 0.6) is 0 Å². The molecule has 0 aliphatic heterocycles. The predicted octanol–water partition coefficient (Wildman–Crippen LogP) is 4.18. The summed E-state index contributed by atoms with van der Waals surface area (Å²) in [7, 11) is 0. The Morgan fingerprint density at radius 2 is 1.59 bits per heavy atom. The lowest BCUT2D eigenvalue weighted by atomic mass is 9.99. The summed E-state index contributed by atoms with van der Waals surface area (Å²) in [5.74, 6) is -0.480. The molecule has 0 heterocycles. The molecular formula is C13H10Cl2FN. The predicted molar refractivity (Wildman–Crippen MR) is 68.9 cm³/mol. The standard InChI is InChI=1S/C13H10Cl2FN/c14-10-6-2-1-4-8(10)13(17)9-5-3-7-11(16)12(9)15/h1-7,13H,17H2. The maximum atomic E-state index is 13.3. The molecule has 0 spiro atoms. The summed E-state index contributed by atoms with van der Waals surface area (Å²) in [6.45, 7) is 0. The van der Waals surface area contributed by atoms with Gasteiger partial charge in [0.2, 0.25) is 0 Å². The largest absolute Gasteiger partial charge is 0.320 e. The van der Waals surface area contributed by atoms with Gasteiger partial charge >= 0.3 is 0 Å². The van der Waals surface area contributed by atoms with Gasteiger partial charge in [0.1, 0.15) is 5.82 Å². The first-order valence-corrected chi connectivity index (χ1v) is 5.80. The van der Waals surface area contributed by atoms with Crippen LogP contribution in [0.3, 0.4) is 0 Å². The molecule has 2 aromatic rings. The van der Waals surface area contributed by atoms with Crippen molar-refractivity contribution in [3.05, 3.63) is 69.5 Å². The van der Waals surface area contributed by atoms with Gasteiger partial charge < -0.3 is 5.73 Å². The van der Waals surface area contributed by atoms with Crippen LogP contribution in [0.15, 0.2) is 42.5 Å². The van der Waals surface area contributed by atoms with E-state index in [1.165, 1.54) is 6.07 Å². The van der Waals surface area contributed by atoms with Crippen LogP contribution in [-0.2, 0) is 0 Å². The normalized spacial score (nSPS) is 12.5. The Hall–Kier alpha value is -1.09. The van der Waals surface area contributed by atoms with Gasteiger partial charge in [-0.25, -0.2) is 4.39 Å². The lowest BCUT2D eigenvalue weighted by Crippen LogP contribution is -2.13. The zero-order chi connectivity index (χ0) is 12.4. The van der Waals surface area contributed by atoms with Crippen molar-refractivity contribution in [3.8, 4) is 0 Å². The first-order chi connectivity index (χ1) is 8.11. The molecule has 0 amide bonds. The molecule has 0 saturated heterocycles. The van der Waals surface area contributed by atoms with E-state index in [1.54, 1.807) is 24.3 Å². The van der Waals surface area contributed by atoms with Crippen LogP contribution >= 0.6 is 23.2 Å². The molecule has 0 aliphatic carbocycles. The zero-order valence-corrected chi connectivity index (χ0v) is 10.3. The van der Waals surface area contributed by atoms with Gasteiger partial charge in [-0.05, 0) is 23.3 Å². The quantitative estimate of drug-likeness (QED) is 0.870. The molecule has 2 N–H and O–H groups in total. The molecule has 88 valence electrons. The second kappa shape index (κ2) is 5.05. The van der Waals surface area contributed by atoms with Crippen molar-refractivity contribution in [2.24, 2.45) is 5.73 Å². The highest BCUT2D eigenvalue weighted by Gasteiger charge is 2.16. The molecule has 0 aliphatic rings. The van der Waals surface area contributed by atoms with Crippen LogP contribution in [0, 0.1) is 5.82 Å². The van der Waals surface area contributed by atoms with Gasteiger partial charge in [0.05, 0.1) is 11.1 Å². The van der Waals surface area contributed by atoms with E-state index in [1.807, 2.05) is 12.1 Å². The first-order valence-electron chi connectivity index (χ1n) is 5.05. The highest BCUT2D eigenvalue weighted by atomic mass is 35.5. The monoisotopic (exact) mass is 269 g/mol. The Labute approximate surface area is 109 Å². The van der Waals surface area contributed by atoms with Gasteiger partial charge in [-0.2, -0.15) is 0 Å². The minimum absolute atomic E-state index is 0.0416. The summed E-state index contributed by atoms with van der Waals surface area (Å²) >= 11 is 11.9. The third kappa shape index (κ3) is 2.44. The lowest BCUT2D eigenvalue weighted by molar-refractivity contribution is 0.624. The van der Waals surface area contributed by atoms with Crippen molar-refractivity contribution in [1.29, 1.82) is 0 Å². The zero-order valence-electron chi connectivity index (χ0n) is 8.83. The Morgan fingerprint density at radius 1 is 0.941 bits per heavy atom. The Bertz CT molecular complexity index is 543. The van der Waals surface area contributed by atoms with Crippen molar-refractivity contribution < 1.29 is 4.39 Å². The molecule has 1 atom stereocenters. The van der Waals surface area contributed by atoms with Crippen molar-refractivity contribution >= 4 is 23.2 Å². The summed E-state index contributed by atoms with van der Waals surface area (Å²) in [5, 5.41) is 0.584. The molecule has 4 heteroatoms. The number of rotatable bonds is 2. The molecule has 0 aromatic heterocycles. The van der Waals surface area contributed by atoms with Crippen LogP contribution in [0.2, 0.25) is 10.0 Å². The van der Waals surface area contributed by atoms with Gasteiger partial charge in [0.15, 0.2) is 0 Å². The summed E-state index contributed by atoms with van der Waals surface area (Å²) in [6, 6.07) is 11.2. The average molecular weight is 270 g/mol. The summed E-state index contributed by atoms with van der Waals surface area (Å²) in [5.41, 5.74) is 7.30. The summed E-state index contributed by atoms with van der Waals surface area (Å²) in [4.78, 5) is 0. The van der Waals surface area contributed by atoms with E-state index in [-0.39, 0.29) is 5.02 Å². The maximum Gasteiger partial charge on any atom is 0.142 e. The Morgan fingerprint density at radius 3 is 2.29 bits per heavy atom. The third-order valence-electron chi connectivity index (χ3n) is 2.56. The van der Waals surface area contributed by atoms with Crippen LogP contribution in [-0.4, -0.2) is 0 Å². The molecule has 17 heavy (non-hydrogen) atoms. The fourth-order valence-corrected chi connectivity index (χ4v) is 2.15. The van der Waals surface area contributed by atoms with Gasteiger partial charge in [0.25, 0.3) is 0 Å². The van der Waals surface area contributed by atoms with Crippen molar-refractivity contribution in [2.45, 2.75) is 6.04 Å². The highest BCUT2D eigenvalue weighted by Crippen LogP contribution is 2.31. The van der Waals surface area contributed by atoms with Crippen LogP contribution in [0.25, 0.3) is 0 Å². The molecule has 2 aromatic carbocycles. The van der Waals surface area contributed by atoms with E-state index in [0.717, 1.165) is 5.56 Å². The molecule has 0 bridgehead atoms. The smallest absolute Gasteiger partial charge is 0.142 e. The fraction of sp³-hybridized carbons (Fsp3) is 0.0769. The molecule has 1 nitrogen and oxygen atoms in total. The van der Waals surface area contributed by atoms with Gasteiger partial charge in [-0.15, -0.1) is 0 Å². The molecule has 0 radical (unpaired) electrons. The second-order valence-corrected chi connectivity index (χ2v) is 4.43. The number of hydrogen-bond acceptors (Lipinski definition) is 1. The van der Waals surface area contributed by atoms with E-state index in [0.29, 0.717) is 10.6 Å². The SMILES string of the molecule is NC(c1ccccc1Cl)c1cccc(F)c1Cl. The summed E-state index contributed by atoms with van der Waals surface area (Å²) in [6.07, 6.45) is 0. The van der Waals surface area contributed by atoms with Crippen molar-refractivity contribution in [1.82, 2.24) is 0 Å². The van der Waals surface area contributed by atoms with Crippen LogP contribution in [0.1, 0.15) is 17.2 Å². The third-order valence-corrected chi connectivity index (χ3v) is 3.30. The van der Waals surface area contributed by atoms with Crippen molar-refractivity contribution in [2.75, 3.05) is 0 Å². The van der Waals surface area contributed by atoms with E-state index in [2.05, 4.69) is 0 Å². The first kappa shape index (κ1) is 12.4. The lowest BCUT2D eigenvalue weighted by Gasteiger charge is -2.15. The Kier molecular flexibility index (Phi) is 3.67. The van der Waals surface area contributed by atoms with E-state index in [4.69, 9.17) is 28.9 Å². The Balaban J connectivity index is 2.48. The van der Waals surface area contributed by atoms with Gasteiger partial charge in [-0.1, -0.05) is 53.5 Å². The van der Waals surface area contributed by atoms with Gasteiger partial charge in [-0.3, -0.25) is 0 Å². The number of hydrogen-bond donors (Lipinski definition) is 1. The minimum atomic E-state index is -0.535. The number of benzene rings is 2. The maximum absolute atomic E-state index is 13.3. The van der Waals surface area contributed by atoms with E-state index >= 15 is 0 Å². The van der Waals surface area contributed by atoms with Crippen LogP contribution in [0.4, 0.5) is 4.39 Å². The molecule has 0 fully saturated rings. The van der Waals surface area contributed by atoms with E-state index in [9.17, 15) is 4.39 Å². The fourth-order valence-electron chi connectivity index (χ4n) is 1.66. The number of nitrogens with two attached hydrogens (primary N) is 1. The average Bonchev–Trinajstić information content (AvgIpc) is 2.32. The second-order valence-electron chi connectivity index (χ2n) is 3.64. The van der Waals surface area contributed by atoms with Crippen molar-refractivity contribution in [3.63, 3.8) is 0 Å². The number of halogens is 3. The minimum Gasteiger partial charge on any atom is -0.320 e. The summed E-state index contributed by atoms with van der Waals surface area (Å²) < 4.78 is 13.3. The highest BCUT2D eigenvalue weighted by molar-refractivity contribution is 6.32. The molecule has 2 rings (SSSR count). The van der Waals surface area contributed by atoms with Crippen LogP contribution < -0.4 is 5.73 Å². The topological polar surface area (TPSA) is 26.0 Å². The molecular weight excluding hydrogens is 260 g/mol. The van der Waals surface area contributed by atoms with E-state index < -0.39 is 11.9 Å². The molecule has 1 unspecified atom stereocenters. The van der Waals surface area contributed by atoms with Gasteiger partial charge in [0, 0.05) is 5.02 Å².